The molecule has 2 aliphatic carbocycles. The van der Waals surface area contributed by atoms with Crippen molar-refractivity contribution in [2.24, 2.45) is 27.8 Å². The maximum atomic E-state index is 13.2. The largest absolute Gasteiger partial charge is 0.481 e. The number of carbonyl (C=O) groups excluding carboxylic acids is 3. The van der Waals surface area contributed by atoms with Gasteiger partial charge in [0.05, 0.1) is 24.7 Å². The highest BCUT2D eigenvalue weighted by atomic mass is 16.6. The number of aliphatic hydroxyl groups is 1. The number of rotatable bonds is 20. The Kier molecular flexibility index (Phi) is 14.6. The Balaban J connectivity index is 1.30. The SMILES string of the molecule is CO[C@@H]1[C@H](OC(=O)NCC(=O)N[C@@H](CCCN=C(N)N)C(=O)NCC(O)NC(CC(=O)O)c2cccnc2)CCC2(CC2)[C@H]1[C@@]1(C)O[C@@H]1CC=C(C)C. The van der Waals surface area contributed by atoms with Gasteiger partial charge in [0.2, 0.25) is 11.8 Å². The number of guanidine groups is 1. The molecule has 0 aromatic carbocycles. The molecule has 2 saturated carbocycles. The van der Waals surface area contributed by atoms with Crippen molar-refractivity contribution in [2.45, 2.75) is 114 Å². The van der Waals surface area contributed by atoms with Crippen LogP contribution in [0.1, 0.15) is 83.7 Å². The van der Waals surface area contributed by atoms with Gasteiger partial charge in [-0.25, -0.2) is 4.79 Å². The predicted octanol–water partition coefficient (Wildman–Crippen LogP) is 0.974. The lowest BCUT2D eigenvalue weighted by Gasteiger charge is -2.44. The predicted molar refractivity (Wildman–Crippen MR) is 194 cm³/mol. The third kappa shape index (κ3) is 11.8. The number of epoxide rings is 1. The number of carboxylic acids is 1. The molecular formula is C36H56N8O9. The quantitative estimate of drug-likeness (QED) is 0.0231. The molecule has 1 spiro atoms. The maximum absolute atomic E-state index is 13.2. The van der Waals surface area contributed by atoms with Gasteiger partial charge in [0.1, 0.15) is 31.0 Å². The Morgan fingerprint density at radius 3 is 2.57 bits per heavy atom. The Morgan fingerprint density at radius 1 is 1.19 bits per heavy atom. The third-order valence-electron chi connectivity index (χ3n) is 10.4. The van der Waals surface area contributed by atoms with Gasteiger partial charge in [0, 0.05) is 38.0 Å². The number of methoxy groups -OCH3 is 1. The van der Waals surface area contributed by atoms with Gasteiger partial charge in [0.15, 0.2) is 5.96 Å². The van der Waals surface area contributed by atoms with Crippen LogP contribution in [0.25, 0.3) is 0 Å². The molecule has 2 unspecified atom stereocenters. The fraction of sp³-hybridized carbons (Fsp3) is 0.667. The van der Waals surface area contributed by atoms with Crippen molar-refractivity contribution in [3.8, 4) is 0 Å². The molecule has 1 saturated heterocycles. The number of carbonyl (C=O) groups is 4. The lowest BCUT2D eigenvalue weighted by Crippen LogP contribution is -2.54. The molecule has 4 rings (SSSR count). The van der Waals surface area contributed by atoms with E-state index >= 15 is 0 Å². The van der Waals surface area contributed by atoms with Crippen molar-refractivity contribution in [1.82, 2.24) is 26.3 Å². The fourth-order valence-corrected chi connectivity index (χ4v) is 7.54. The first-order chi connectivity index (χ1) is 25.2. The summed E-state index contributed by atoms with van der Waals surface area (Å²) in [6.45, 7) is 5.68. The summed E-state index contributed by atoms with van der Waals surface area (Å²) in [5.74, 6) is -2.43. The summed E-state index contributed by atoms with van der Waals surface area (Å²) in [6, 6.07) is 1.46. The third-order valence-corrected chi connectivity index (χ3v) is 10.4. The molecule has 3 amide bonds. The van der Waals surface area contributed by atoms with Crippen molar-refractivity contribution >= 4 is 29.8 Å². The van der Waals surface area contributed by atoms with Crippen molar-refractivity contribution in [1.29, 1.82) is 0 Å². The number of hydrogen-bond donors (Lipinski definition) is 8. The first kappa shape index (κ1) is 41.4. The molecule has 1 aromatic heterocycles. The van der Waals surface area contributed by atoms with E-state index in [1.54, 1.807) is 19.2 Å². The molecular weight excluding hydrogens is 688 g/mol. The fourth-order valence-electron chi connectivity index (χ4n) is 7.54. The number of nitrogens with two attached hydrogens (primary N) is 2. The number of nitrogens with zero attached hydrogens (tertiary/aromatic N) is 2. The number of nitrogens with one attached hydrogen (secondary N) is 4. The summed E-state index contributed by atoms with van der Waals surface area (Å²) in [7, 11) is 1.63. The molecule has 0 bridgehead atoms. The van der Waals surface area contributed by atoms with E-state index in [1.165, 1.54) is 18.0 Å². The van der Waals surface area contributed by atoms with Crippen LogP contribution in [-0.4, -0.2) is 108 Å². The van der Waals surface area contributed by atoms with E-state index in [1.807, 2.05) is 0 Å². The van der Waals surface area contributed by atoms with Gasteiger partial charge in [-0.15, -0.1) is 0 Å². The second-order valence-electron chi connectivity index (χ2n) is 14.6. The first-order valence-corrected chi connectivity index (χ1v) is 18.1. The van der Waals surface area contributed by atoms with Gasteiger partial charge in [0.25, 0.3) is 0 Å². The summed E-state index contributed by atoms with van der Waals surface area (Å²) in [6.07, 6.45) is 6.84. The van der Waals surface area contributed by atoms with Gasteiger partial charge >= 0.3 is 12.1 Å². The standard InChI is InChI=1S/C36H56N8O9/c1-21(2)9-10-26-35(3,53-26)31-30(51-4)25(11-12-36(31)13-14-36)52-34(50)42-20-28(46)43-23(8-6-16-40-33(37)38)32(49)41-19-27(45)44-24(17-29(47)48)22-7-5-15-39-18-22/h5,7,9,15,18,23-27,30-31,44-45H,6,8,10-14,16-17,19-20H2,1-4H3,(H,41,49)(H,42,50)(H,43,46)(H,47,48)(H4,37,38,40)/t23-,24?,25+,26+,27?,30+,31+,35-/m0/s1. The van der Waals surface area contributed by atoms with Crippen molar-refractivity contribution < 1.29 is 43.6 Å². The number of hydrogen-bond acceptors (Lipinski definition) is 11. The van der Waals surface area contributed by atoms with Gasteiger partial charge in [-0.1, -0.05) is 17.7 Å². The van der Waals surface area contributed by atoms with Gasteiger partial charge in [-0.05, 0) is 82.8 Å². The highest BCUT2D eigenvalue weighted by Gasteiger charge is 2.70. The lowest BCUT2D eigenvalue weighted by molar-refractivity contribution is -0.138. The number of aliphatic imine (C=N–C) groups is 1. The van der Waals surface area contributed by atoms with Crippen LogP contribution in [0, 0.1) is 11.3 Å². The average Bonchev–Trinajstić information content (AvgIpc) is 4.03. The second-order valence-corrected chi connectivity index (χ2v) is 14.6. The molecule has 10 N–H and O–H groups in total. The van der Waals surface area contributed by atoms with Crippen LogP contribution in [0.2, 0.25) is 0 Å². The van der Waals surface area contributed by atoms with Crippen molar-refractivity contribution in [3.63, 3.8) is 0 Å². The number of pyridine rings is 1. The van der Waals surface area contributed by atoms with E-state index in [0.29, 0.717) is 18.4 Å². The molecule has 0 radical (unpaired) electrons. The van der Waals surface area contributed by atoms with Crippen LogP contribution >= 0.6 is 0 Å². The summed E-state index contributed by atoms with van der Waals surface area (Å²) < 4.78 is 18.1. The smallest absolute Gasteiger partial charge is 0.407 e. The average molecular weight is 745 g/mol. The highest BCUT2D eigenvalue weighted by molar-refractivity contribution is 5.89. The molecule has 8 atom stereocenters. The van der Waals surface area contributed by atoms with Gasteiger partial charge in [-0.2, -0.15) is 0 Å². The maximum Gasteiger partial charge on any atom is 0.407 e. The number of ether oxygens (including phenoxy) is 3. The van der Waals surface area contributed by atoms with Gasteiger partial charge in [-0.3, -0.25) is 29.7 Å². The molecule has 1 aliphatic heterocycles. The summed E-state index contributed by atoms with van der Waals surface area (Å²) in [5, 5.41) is 30.4. The molecule has 17 nitrogen and oxygen atoms in total. The Morgan fingerprint density at radius 2 is 1.94 bits per heavy atom. The molecule has 17 heteroatoms. The minimum atomic E-state index is -1.33. The molecule has 53 heavy (non-hydrogen) atoms. The van der Waals surface area contributed by atoms with Crippen LogP contribution in [0.4, 0.5) is 4.79 Å². The molecule has 294 valence electrons. The summed E-state index contributed by atoms with van der Waals surface area (Å²) in [5.41, 5.74) is 12.3. The number of alkyl carbamates (subject to hydrolysis) is 1. The van der Waals surface area contributed by atoms with Crippen LogP contribution in [0.5, 0.6) is 0 Å². The van der Waals surface area contributed by atoms with E-state index in [-0.39, 0.29) is 61.0 Å². The number of aromatic nitrogens is 1. The van der Waals surface area contributed by atoms with Gasteiger partial charge < -0.3 is 51.8 Å². The first-order valence-electron chi connectivity index (χ1n) is 18.1. The minimum Gasteiger partial charge on any atom is -0.481 e. The zero-order chi connectivity index (χ0) is 38.8. The Bertz CT molecular complexity index is 1480. The zero-order valence-corrected chi connectivity index (χ0v) is 31.0. The normalized spacial score (nSPS) is 25.5. The van der Waals surface area contributed by atoms with E-state index in [2.05, 4.69) is 58.1 Å². The van der Waals surface area contributed by atoms with Crippen LogP contribution in [0.15, 0.2) is 41.2 Å². The number of amides is 3. The van der Waals surface area contributed by atoms with Crippen LogP contribution in [0.3, 0.4) is 0 Å². The number of aliphatic hydroxyl groups excluding tert-OH is 1. The zero-order valence-electron chi connectivity index (χ0n) is 31.0. The molecule has 3 aliphatic rings. The summed E-state index contributed by atoms with van der Waals surface area (Å²) >= 11 is 0. The van der Waals surface area contributed by atoms with Crippen molar-refractivity contribution in [3.05, 3.63) is 41.7 Å². The van der Waals surface area contributed by atoms with E-state index in [9.17, 15) is 29.4 Å². The lowest BCUT2D eigenvalue weighted by atomic mass is 9.66. The molecule has 1 aromatic rings. The van der Waals surface area contributed by atoms with E-state index in [0.717, 1.165) is 25.7 Å². The summed E-state index contributed by atoms with van der Waals surface area (Å²) in [4.78, 5) is 58.5. The monoisotopic (exact) mass is 744 g/mol. The number of aliphatic carboxylic acids is 1. The van der Waals surface area contributed by atoms with Crippen molar-refractivity contribution in [2.75, 3.05) is 26.7 Å². The highest BCUT2D eigenvalue weighted by Crippen LogP contribution is 2.67. The Hall–Kier alpha value is -4.32. The van der Waals surface area contributed by atoms with E-state index < -0.39 is 54.8 Å². The minimum absolute atomic E-state index is 0.0516. The van der Waals surface area contributed by atoms with Crippen LogP contribution < -0.4 is 32.7 Å². The number of allylic oxidation sites excluding steroid dienone is 1. The topological polar surface area (TPSA) is 265 Å². The van der Waals surface area contributed by atoms with E-state index in [4.69, 9.17) is 25.7 Å². The molecule has 3 fully saturated rings. The molecule has 2 heterocycles. The van der Waals surface area contributed by atoms with Crippen LogP contribution in [-0.2, 0) is 28.6 Å². The second kappa shape index (κ2) is 18.6. The Labute approximate surface area is 310 Å². The number of carboxylic acid groups (broad SMARTS) is 1.